The first kappa shape index (κ1) is 12.9. The molecule has 1 aromatic heterocycles. The summed E-state index contributed by atoms with van der Waals surface area (Å²) >= 11 is 0. The molecule has 90 valence electrons. The minimum absolute atomic E-state index is 0.0406. The van der Waals surface area contributed by atoms with Crippen LogP contribution in [0, 0.1) is 0 Å². The summed E-state index contributed by atoms with van der Waals surface area (Å²) in [6.45, 7) is 0.568. The Morgan fingerprint density at radius 1 is 1.44 bits per heavy atom. The van der Waals surface area contributed by atoms with Crippen molar-refractivity contribution in [1.29, 1.82) is 0 Å². The second-order valence-electron chi connectivity index (χ2n) is 3.52. The fraction of sp³-hybridized carbons (Fsp3) is 0.500. The van der Waals surface area contributed by atoms with Crippen LogP contribution in [0.1, 0.15) is 12.0 Å². The van der Waals surface area contributed by atoms with Crippen LogP contribution in [0.5, 0.6) is 5.88 Å². The van der Waals surface area contributed by atoms with Crippen molar-refractivity contribution in [3.8, 4) is 5.88 Å². The van der Waals surface area contributed by atoms with Gasteiger partial charge in [-0.2, -0.15) is 0 Å². The molecule has 0 aromatic carbocycles. The van der Waals surface area contributed by atoms with Gasteiger partial charge in [0.05, 0.1) is 7.11 Å². The van der Waals surface area contributed by atoms with Gasteiger partial charge in [0.1, 0.15) is 0 Å². The maximum Gasteiger partial charge on any atom is 0.214 e. The topological polar surface area (TPSA) is 82.3 Å². The van der Waals surface area contributed by atoms with E-state index in [0.29, 0.717) is 12.4 Å². The van der Waals surface area contributed by atoms with Crippen molar-refractivity contribution in [2.75, 3.05) is 19.9 Å². The number of pyridine rings is 1. The zero-order valence-corrected chi connectivity index (χ0v) is 10.3. The maximum absolute atomic E-state index is 11.4. The number of ether oxygens (including phenoxy) is 1. The third-order valence-electron chi connectivity index (χ3n) is 2.10. The normalized spacial score (nSPS) is 11.4. The van der Waals surface area contributed by atoms with Crippen LogP contribution in [-0.2, 0) is 16.3 Å². The van der Waals surface area contributed by atoms with Gasteiger partial charge in [-0.3, -0.25) is 0 Å². The molecule has 6 heteroatoms. The molecule has 2 N–H and O–H groups in total. The molecule has 0 aliphatic rings. The number of sulfone groups is 1. The molecule has 5 nitrogen and oxygen atoms in total. The fourth-order valence-electron chi connectivity index (χ4n) is 1.28. The SMILES string of the molecule is COc1cc(CCCN)cc(S(C)(=O)=O)n1. The lowest BCUT2D eigenvalue weighted by molar-refractivity contribution is 0.393. The molecule has 0 saturated carbocycles. The van der Waals surface area contributed by atoms with E-state index in [1.54, 1.807) is 12.1 Å². The smallest absolute Gasteiger partial charge is 0.214 e. The molecule has 16 heavy (non-hydrogen) atoms. The number of aryl methyl sites for hydroxylation is 1. The van der Waals surface area contributed by atoms with Crippen LogP contribution < -0.4 is 10.5 Å². The lowest BCUT2D eigenvalue weighted by Gasteiger charge is -2.06. The lowest BCUT2D eigenvalue weighted by Crippen LogP contribution is -2.05. The Morgan fingerprint density at radius 3 is 2.62 bits per heavy atom. The molecule has 0 radical (unpaired) electrons. The van der Waals surface area contributed by atoms with Crippen molar-refractivity contribution < 1.29 is 13.2 Å². The quantitative estimate of drug-likeness (QED) is 0.810. The number of rotatable bonds is 5. The highest BCUT2D eigenvalue weighted by Gasteiger charge is 2.12. The van der Waals surface area contributed by atoms with Gasteiger partial charge in [-0.15, -0.1) is 0 Å². The van der Waals surface area contributed by atoms with Gasteiger partial charge < -0.3 is 10.5 Å². The van der Waals surface area contributed by atoms with Crippen molar-refractivity contribution in [3.63, 3.8) is 0 Å². The highest BCUT2D eigenvalue weighted by atomic mass is 32.2. The molecule has 0 saturated heterocycles. The van der Waals surface area contributed by atoms with Crippen LogP contribution in [0.3, 0.4) is 0 Å². The van der Waals surface area contributed by atoms with Crippen LogP contribution in [0.2, 0.25) is 0 Å². The van der Waals surface area contributed by atoms with Crippen molar-refractivity contribution in [1.82, 2.24) is 4.98 Å². The van der Waals surface area contributed by atoms with E-state index in [1.165, 1.54) is 7.11 Å². The second-order valence-corrected chi connectivity index (χ2v) is 5.48. The van der Waals surface area contributed by atoms with E-state index in [2.05, 4.69) is 4.98 Å². The molecular weight excluding hydrogens is 228 g/mol. The van der Waals surface area contributed by atoms with Crippen LogP contribution >= 0.6 is 0 Å². The number of methoxy groups -OCH3 is 1. The van der Waals surface area contributed by atoms with E-state index in [-0.39, 0.29) is 5.03 Å². The molecule has 0 bridgehead atoms. The summed E-state index contributed by atoms with van der Waals surface area (Å²) in [6.07, 6.45) is 2.65. The van der Waals surface area contributed by atoms with E-state index in [4.69, 9.17) is 10.5 Å². The average molecular weight is 244 g/mol. The van der Waals surface area contributed by atoms with Crippen molar-refractivity contribution in [2.45, 2.75) is 17.9 Å². The standard InChI is InChI=1S/C10H16N2O3S/c1-15-9-6-8(4-3-5-11)7-10(12-9)16(2,13)14/h6-7H,3-5,11H2,1-2H3. The Balaban J connectivity index is 3.11. The molecule has 0 aliphatic heterocycles. The number of hydrogen-bond acceptors (Lipinski definition) is 5. The predicted octanol–water partition coefficient (Wildman–Crippen LogP) is 0.385. The lowest BCUT2D eigenvalue weighted by atomic mass is 10.1. The van der Waals surface area contributed by atoms with Gasteiger partial charge in [0.25, 0.3) is 0 Å². The van der Waals surface area contributed by atoms with Crippen molar-refractivity contribution in [2.24, 2.45) is 5.73 Å². The molecule has 1 heterocycles. The number of nitrogens with zero attached hydrogens (tertiary/aromatic N) is 1. The Morgan fingerprint density at radius 2 is 2.12 bits per heavy atom. The predicted molar refractivity (Wildman–Crippen MR) is 61.3 cm³/mol. The summed E-state index contributed by atoms with van der Waals surface area (Å²) in [5, 5.41) is 0.0406. The van der Waals surface area contributed by atoms with Gasteiger partial charge in [-0.05, 0) is 31.0 Å². The van der Waals surface area contributed by atoms with E-state index in [9.17, 15) is 8.42 Å². The minimum Gasteiger partial charge on any atom is -0.481 e. The Kier molecular flexibility index (Phi) is 4.26. The van der Waals surface area contributed by atoms with Gasteiger partial charge in [-0.1, -0.05) is 0 Å². The summed E-state index contributed by atoms with van der Waals surface area (Å²) in [6, 6.07) is 3.29. The Hall–Kier alpha value is -1.14. The van der Waals surface area contributed by atoms with Crippen LogP contribution in [0.25, 0.3) is 0 Å². The molecule has 1 rings (SSSR count). The average Bonchev–Trinajstić information content (AvgIpc) is 2.24. The summed E-state index contributed by atoms with van der Waals surface area (Å²) < 4.78 is 27.7. The fourth-order valence-corrected chi connectivity index (χ4v) is 1.90. The molecule has 0 spiro atoms. The summed E-state index contributed by atoms with van der Waals surface area (Å²) in [5.74, 6) is 0.315. The van der Waals surface area contributed by atoms with E-state index < -0.39 is 9.84 Å². The number of aromatic nitrogens is 1. The zero-order valence-electron chi connectivity index (χ0n) is 9.43. The molecule has 1 aromatic rings. The first-order valence-corrected chi connectivity index (χ1v) is 6.81. The minimum atomic E-state index is -3.31. The molecule has 0 aliphatic carbocycles. The van der Waals surface area contributed by atoms with Crippen LogP contribution in [-0.4, -0.2) is 33.3 Å². The summed E-state index contributed by atoms with van der Waals surface area (Å²) in [5.41, 5.74) is 6.28. The van der Waals surface area contributed by atoms with Crippen molar-refractivity contribution in [3.05, 3.63) is 17.7 Å². The second kappa shape index (κ2) is 5.27. The highest BCUT2D eigenvalue weighted by molar-refractivity contribution is 7.90. The summed E-state index contributed by atoms with van der Waals surface area (Å²) in [7, 11) is -1.85. The summed E-state index contributed by atoms with van der Waals surface area (Å²) in [4.78, 5) is 3.89. The van der Waals surface area contributed by atoms with E-state index >= 15 is 0 Å². The highest BCUT2D eigenvalue weighted by Crippen LogP contribution is 2.17. The van der Waals surface area contributed by atoms with E-state index in [0.717, 1.165) is 24.7 Å². The third kappa shape index (κ3) is 3.46. The van der Waals surface area contributed by atoms with E-state index in [1.807, 2.05) is 0 Å². The molecular formula is C10H16N2O3S. The van der Waals surface area contributed by atoms with Gasteiger partial charge >= 0.3 is 0 Å². The maximum atomic E-state index is 11.4. The van der Waals surface area contributed by atoms with Crippen molar-refractivity contribution >= 4 is 9.84 Å². The number of nitrogens with two attached hydrogens (primary N) is 1. The molecule has 0 amide bonds. The Labute approximate surface area is 95.6 Å². The first-order valence-electron chi connectivity index (χ1n) is 4.92. The van der Waals surface area contributed by atoms with Gasteiger partial charge in [0.2, 0.25) is 5.88 Å². The largest absolute Gasteiger partial charge is 0.481 e. The van der Waals surface area contributed by atoms with Crippen LogP contribution in [0.4, 0.5) is 0 Å². The monoisotopic (exact) mass is 244 g/mol. The molecule has 0 unspecified atom stereocenters. The third-order valence-corrected chi connectivity index (χ3v) is 3.07. The van der Waals surface area contributed by atoms with Crippen LogP contribution in [0.15, 0.2) is 17.2 Å². The number of hydrogen-bond donors (Lipinski definition) is 1. The molecule has 0 atom stereocenters. The first-order chi connectivity index (χ1) is 7.47. The molecule has 0 fully saturated rings. The zero-order chi connectivity index (χ0) is 12.2. The van der Waals surface area contributed by atoms with Gasteiger partial charge in [0.15, 0.2) is 14.9 Å². The van der Waals surface area contributed by atoms with Gasteiger partial charge in [-0.25, -0.2) is 13.4 Å². The Bertz CT molecular complexity index is 457. The van der Waals surface area contributed by atoms with Gasteiger partial charge in [0, 0.05) is 12.3 Å².